The van der Waals surface area contributed by atoms with Crippen LogP contribution < -0.4 is 5.32 Å². The molecule has 98 valence electrons. The molecule has 4 heteroatoms. The van der Waals surface area contributed by atoms with Crippen molar-refractivity contribution in [3.8, 4) is 0 Å². The van der Waals surface area contributed by atoms with Gasteiger partial charge in [-0.15, -0.1) is 0 Å². The molecule has 4 nitrogen and oxygen atoms in total. The van der Waals surface area contributed by atoms with Gasteiger partial charge in [0.2, 0.25) is 0 Å². The van der Waals surface area contributed by atoms with E-state index in [0.717, 1.165) is 32.0 Å². The average molecular weight is 239 g/mol. The van der Waals surface area contributed by atoms with Crippen molar-refractivity contribution in [3.63, 3.8) is 0 Å². The largest absolute Gasteiger partial charge is 0.379 e. The first-order valence-electron chi connectivity index (χ1n) is 6.31. The number of rotatable bonds is 7. The fourth-order valence-electron chi connectivity index (χ4n) is 1.85. The number of aryl methyl sites for hydroxylation is 1. The van der Waals surface area contributed by atoms with E-state index in [1.54, 1.807) is 0 Å². The Balaban J connectivity index is 2.51. The van der Waals surface area contributed by atoms with Crippen LogP contribution >= 0.6 is 0 Å². The lowest BCUT2D eigenvalue weighted by Gasteiger charge is -2.08. The van der Waals surface area contributed by atoms with E-state index in [1.807, 2.05) is 11.7 Å². The van der Waals surface area contributed by atoms with Gasteiger partial charge in [-0.2, -0.15) is 5.10 Å². The Morgan fingerprint density at radius 1 is 1.35 bits per heavy atom. The van der Waals surface area contributed by atoms with E-state index in [9.17, 15) is 0 Å². The zero-order valence-corrected chi connectivity index (χ0v) is 11.7. The lowest BCUT2D eigenvalue weighted by molar-refractivity contribution is 0.100. The highest BCUT2D eigenvalue weighted by molar-refractivity contribution is 5.24. The van der Waals surface area contributed by atoms with Gasteiger partial charge in [0, 0.05) is 24.4 Å². The zero-order chi connectivity index (χ0) is 12.8. The van der Waals surface area contributed by atoms with Crippen LogP contribution in [0.4, 0.5) is 0 Å². The van der Waals surface area contributed by atoms with Crippen LogP contribution in [0.1, 0.15) is 30.8 Å². The first-order valence-corrected chi connectivity index (χ1v) is 6.31. The topological polar surface area (TPSA) is 39.1 Å². The van der Waals surface area contributed by atoms with E-state index >= 15 is 0 Å². The summed E-state index contributed by atoms with van der Waals surface area (Å²) in [4.78, 5) is 0. The quantitative estimate of drug-likeness (QED) is 0.739. The standard InChI is InChI=1S/C13H25N3O/c1-10(2)9-17-7-6-16-12(4)13(8-14-5)11(3)15-16/h10,14H,6-9H2,1-5H3. The SMILES string of the molecule is CNCc1c(C)nn(CCOCC(C)C)c1C. The molecule has 0 spiro atoms. The molecule has 0 aliphatic carbocycles. The van der Waals surface area contributed by atoms with Gasteiger partial charge < -0.3 is 10.1 Å². The molecule has 0 aliphatic heterocycles. The number of nitrogens with one attached hydrogen (secondary N) is 1. The van der Waals surface area contributed by atoms with Gasteiger partial charge in [-0.1, -0.05) is 13.8 Å². The summed E-state index contributed by atoms with van der Waals surface area (Å²) in [6, 6.07) is 0. The minimum absolute atomic E-state index is 0.593. The normalized spacial score (nSPS) is 11.4. The first-order chi connectivity index (χ1) is 8.06. The van der Waals surface area contributed by atoms with Gasteiger partial charge in [0.15, 0.2) is 0 Å². The molecule has 0 radical (unpaired) electrons. The van der Waals surface area contributed by atoms with Crippen LogP contribution in [0.25, 0.3) is 0 Å². The lowest BCUT2D eigenvalue weighted by atomic mass is 10.2. The Morgan fingerprint density at radius 3 is 2.65 bits per heavy atom. The highest BCUT2D eigenvalue weighted by atomic mass is 16.5. The van der Waals surface area contributed by atoms with Gasteiger partial charge in [-0.05, 0) is 26.8 Å². The van der Waals surface area contributed by atoms with Crippen LogP contribution in [0.2, 0.25) is 0 Å². The molecule has 0 saturated carbocycles. The van der Waals surface area contributed by atoms with Crippen molar-refractivity contribution in [1.29, 1.82) is 0 Å². The van der Waals surface area contributed by atoms with Crippen LogP contribution in [0.3, 0.4) is 0 Å². The van der Waals surface area contributed by atoms with Crippen molar-refractivity contribution in [2.75, 3.05) is 20.3 Å². The summed E-state index contributed by atoms with van der Waals surface area (Å²) in [6.45, 7) is 11.8. The van der Waals surface area contributed by atoms with E-state index in [0.29, 0.717) is 5.92 Å². The molecule has 1 aromatic rings. The molecule has 0 bridgehead atoms. The van der Waals surface area contributed by atoms with Crippen LogP contribution in [0.5, 0.6) is 0 Å². The van der Waals surface area contributed by atoms with Gasteiger partial charge in [0.25, 0.3) is 0 Å². The minimum Gasteiger partial charge on any atom is -0.379 e. The van der Waals surface area contributed by atoms with E-state index in [2.05, 4.69) is 38.1 Å². The van der Waals surface area contributed by atoms with E-state index in [4.69, 9.17) is 4.74 Å². The van der Waals surface area contributed by atoms with Crippen molar-refractivity contribution in [2.45, 2.75) is 40.8 Å². The van der Waals surface area contributed by atoms with Crippen LogP contribution in [-0.4, -0.2) is 30.0 Å². The van der Waals surface area contributed by atoms with Gasteiger partial charge in [0.05, 0.1) is 18.8 Å². The molecule has 0 aliphatic rings. The monoisotopic (exact) mass is 239 g/mol. The summed E-state index contributed by atoms with van der Waals surface area (Å²) in [6.07, 6.45) is 0. The van der Waals surface area contributed by atoms with Crippen LogP contribution in [0, 0.1) is 19.8 Å². The van der Waals surface area contributed by atoms with Crippen LogP contribution in [-0.2, 0) is 17.8 Å². The predicted molar refractivity (Wildman–Crippen MR) is 70.1 cm³/mol. The van der Waals surface area contributed by atoms with Crippen molar-refractivity contribution in [1.82, 2.24) is 15.1 Å². The van der Waals surface area contributed by atoms with Crippen molar-refractivity contribution in [2.24, 2.45) is 5.92 Å². The molecule has 1 aromatic heterocycles. The molecule has 0 atom stereocenters. The molecule has 0 unspecified atom stereocenters. The van der Waals surface area contributed by atoms with Gasteiger partial charge in [-0.3, -0.25) is 4.68 Å². The third kappa shape index (κ3) is 4.13. The summed E-state index contributed by atoms with van der Waals surface area (Å²) >= 11 is 0. The molecule has 1 N–H and O–H groups in total. The number of nitrogens with zero attached hydrogens (tertiary/aromatic N) is 2. The number of hydrogen-bond acceptors (Lipinski definition) is 3. The summed E-state index contributed by atoms with van der Waals surface area (Å²) in [5.74, 6) is 0.593. The maximum absolute atomic E-state index is 5.59. The number of ether oxygens (including phenoxy) is 1. The Morgan fingerprint density at radius 2 is 2.06 bits per heavy atom. The molecule has 0 aromatic carbocycles. The fourth-order valence-corrected chi connectivity index (χ4v) is 1.85. The summed E-state index contributed by atoms with van der Waals surface area (Å²) in [7, 11) is 1.96. The van der Waals surface area contributed by atoms with Crippen molar-refractivity contribution < 1.29 is 4.74 Å². The van der Waals surface area contributed by atoms with E-state index in [-0.39, 0.29) is 0 Å². The van der Waals surface area contributed by atoms with E-state index < -0.39 is 0 Å². The third-order valence-electron chi connectivity index (χ3n) is 2.78. The highest BCUT2D eigenvalue weighted by Gasteiger charge is 2.10. The summed E-state index contributed by atoms with van der Waals surface area (Å²) < 4.78 is 7.63. The maximum atomic E-state index is 5.59. The molecule has 1 rings (SSSR count). The Bertz CT molecular complexity index is 345. The Kier molecular flexibility index (Phi) is 5.65. The molecule has 0 amide bonds. The second-order valence-electron chi connectivity index (χ2n) is 4.87. The molecular formula is C13H25N3O. The Hall–Kier alpha value is -0.870. The summed E-state index contributed by atoms with van der Waals surface area (Å²) in [5, 5.41) is 7.72. The fraction of sp³-hybridized carbons (Fsp3) is 0.769. The summed E-state index contributed by atoms with van der Waals surface area (Å²) in [5.41, 5.74) is 3.65. The van der Waals surface area contributed by atoms with E-state index in [1.165, 1.54) is 11.3 Å². The zero-order valence-electron chi connectivity index (χ0n) is 11.7. The molecular weight excluding hydrogens is 214 g/mol. The van der Waals surface area contributed by atoms with Crippen LogP contribution in [0.15, 0.2) is 0 Å². The Labute approximate surface area is 104 Å². The highest BCUT2D eigenvalue weighted by Crippen LogP contribution is 2.12. The van der Waals surface area contributed by atoms with Crippen molar-refractivity contribution in [3.05, 3.63) is 17.0 Å². The minimum atomic E-state index is 0.593. The average Bonchev–Trinajstić information content (AvgIpc) is 2.52. The van der Waals surface area contributed by atoms with Gasteiger partial charge >= 0.3 is 0 Å². The maximum Gasteiger partial charge on any atom is 0.0662 e. The van der Waals surface area contributed by atoms with Crippen molar-refractivity contribution >= 4 is 0 Å². The number of aromatic nitrogens is 2. The van der Waals surface area contributed by atoms with Gasteiger partial charge in [-0.25, -0.2) is 0 Å². The second kappa shape index (κ2) is 6.77. The lowest BCUT2D eigenvalue weighted by Crippen LogP contribution is -2.12. The second-order valence-corrected chi connectivity index (χ2v) is 4.87. The first kappa shape index (κ1) is 14.2. The predicted octanol–water partition coefficient (Wildman–Crippen LogP) is 1.89. The third-order valence-corrected chi connectivity index (χ3v) is 2.78. The molecule has 1 heterocycles. The van der Waals surface area contributed by atoms with Gasteiger partial charge in [0.1, 0.15) is 0 Å². The number of hydrogen-bond donors (Lipinski definition) is 1. The smallest absolute Gasteiger partial charge is 0.0662 e. The molecule has 0 saturated heterocycles. The molecule has 0 fully saturated rings. The molecule has 17 heavy (non-hydrogen) atoms.